The van der Waals surface area contributed by atoms with Gasteiger partial charge >= 0.3 is 0 Å². The van der Waals surface area contributed by atoms with Gasteiger partial charge in [-0.2, -0.15) is 0 Å². The molecule has 3 heterocycles. The van der Waals surface area contributed by atoms with Gasteiger partial charge in [-0.15, -0.1) is 11.3 Å². The summed E-state index contributed by atoms with van der Waals surface area (Å²) >= 11 is 1.90. The fourth-order valence-electron chi connectivity index (χ4n) is 8.07. The molecule has 0 saturated heterocycles. The summed E-state index contributed by atoms with van der Waals surface area (Å²) < 4.78 is 5.08. The Morgan fingerprint density at radius 3 is 1.98 bits per heavy atom. The number of para-hydroxylation sites is 1. The maximum atomic E-state index is 5.26. The molecule has 0 fully saturated rings. The highest BCUT2D eigenvalue weighted by molar-refractivity contribution is 7.26. The minimum absolute atomic E-state index is 0.758. The maximum absolute atomic E-state index is 5.26. The molecule has 0 radical (unpaired) electrons. The van der Waals surface area contributed by atoms with Crippen LogP contribution in [0.15, 0.2) is 164 Å². The molecule has 0 aliphatic heterocycles. The topological polar surface area (TPSA) is 30.7 Å². The van der Waals surface area contributed by atoms with Gasteiger partial charge in [-0.25, -0.2) is 9.97 Å². The first-order valence-corrected chi connectivity index (χ1v) is 18.2. The van der Waals surface area contributed by atoms with E-state index in [0.29, 0.717) is 0 Å². The summed E-state index contributed by atoms with van der Waals surface area (Å²) in [5.41, 5.74) is 13.9. The summed E-state index contributed by atoms with van der Waals surface area (Å²) in [6.07, 6.45) is 0.817. The highest BCUT2D eigenvalue weighted by atomic mass is 32.1. The van der Waals surface area contributed by atoms with Crippen molar-refractivity contribution in [3.05, 3.63) is 175 Å². The van der Waals surface area contributed by atoms with E-state index in [-0.39, 0.29) is 0 Å². The van der Waals surface area contributed by atoms with Crippen molar-refractivity contribution in [2.45, 2.75) is 6.42 Å². The normalized spacial score (nSPS) is 12.2. The summed E-state index contributed by atoms with van der Waals surface area (Å²) in [4.78, 5) is 10.4. The Kier molecular flexibility index (Phi) is 6.18. The number of hydrogen-bond donors (Lipinski definition) is 0. The van der Waals surface area contributed by atoms with Crippen molar-refractivity contribution in [3.8, 4) is 50.7 Å². The predicted molar refractivity (Wildman–Crippen MR) is 214 cm³/mol. The number of rotatable bonds is 4. The smallest absolute Gasteiger partial charge is 0.160 e. The summed E-state index contributed by atoms with van der Waals surface area (Å²) in [7, 11) is 0. The number of benzene rings is 7. The van der Waals surface area contributed by atoms with Gasteiger partial charge in [0.05, 0.1) is 22.4 Å². The molecule has 238 valence electrons. The molecular weight excluding hydrogens is 639 g/mol. The van der Waals surface area contributed by atoms with Crippen LogP contribution in [0.3, 0.4) is 0 Å². The second-order valence-corrected chi connectivity index (χ2v) is 14.4. The van der Waals surface area contributed by atoms with Crippen molar-refractivity contribution in [2.75, 3.05) is 0 Å². The second-order valence-electron chi connectivity index (χ2n) is 13.3. The Bertz CT molecular complexity index is 2980. The van der Waals surface area contributed by atoms with E-state index >= 15 is 0 Å². The molecule has 3 nitrogen and oxygen atoms in total. The van der Waals surface area contributed by atoms with E-state index in [1.165, 1.54) is 75.5 Å². The van der Waals surface area contributed by atoms with Crippen molar-refractivity contribution < 1.29 is 0 Å². The minimum atomic E-state index is 0.758. The van der Waals surface area contributed by atoms with E-state index in [2.05, 4.69) is 162 Å². The van der Waals surface area contributed by atoms with Crippen molar-refractivity contribution >= 4 is 53.3 Å². The van der Waals surface area contributed by atoms with Gasteiger partial charge in [-0.1, -0.05) is 121 Å². The lowest BCUT2D eigenvalue weighted by Gasteiger charge is -2.11. The SMILES string of the molecule is c1ccc(-c2nc(-c3ccccc3)c3c(n2)-c2cc(-c4ccc5c(c4)c4c6sc7ccccc7c6ccc4n5-c4ccccc4)ccc2C3)cc1. The number of thiophene rings is 1. The average Bonchev–Trinajstić information content (AvgIpc) is 3.87. The van der Waals surface area contributed by atoms with Crippen LogP contribution in [0.1, 0.15) is 11.1 Å². The van der Waals surface area contributed by atoms with Crippen LogP contribution in [0, 0.1) is 0 Å². The van der Waals surface area contributed by atoms with E-state index in [4.69, 9.17) is 9.97 Å². The molecule has 0 amide bonds. The molecule has 1 aliphatic rings. The highest BCUT2D eigenvalue weighted by Gasteiger charge is 2.27. The molecule has 0 saturated carbocycles. The molecule has 0 spiro atoms. The highest BCUT2D eigenvalue weighted by Crippen LogP contribution is 2.46. The van der Waals surface area contributed by atoms with Crippen molar-refractivity contribution in [1.29, 1.82) is 0 Å². The van der Waals surface area contributed by atoms with Gasteiger partial charge in [0, 0.05) is 65.3 Å². The summed E-state index contributed by atoms with van der Waals surface area (Å²) in [5, 5.41) is 5.22. The summed E-state index contributed by atoms with van der Waals surface area (Å²) in [5.74, 6) is 0.758. The van der Waals surface area contributed by atoms with Crippen LogP contribution in [0.4, 0.5) is 0 Å². The van der Waals surface area contributed by atoms with Gasteiger partial charge < -0.3 is 4.57 Å². The molecule has 0 N–H and O–H groups in total. The lowest BCUT2D eigenvalue weighted by Crippen LogP contribution is -1.99. The van der Waals surface area contributed by atoms with Crippen LogP contribution >= 0.6 is 11.3 Å². The van der Waals surface area contributed by atoms with Gasteiger partial charge in [0.15, 0.2) is 5.82 Å². The minimum Gasteiger partial charge on any atom is -0.309 e. The van der Waals surface area contributed by atoms with Gasteiger partial charge in [-0.3, -0.25) is 0 Å². The van der Waals surface area contributed by atoms with Crippen LogP contribution in [0.5, 0.6) is 0 Å². The molecule has 1 aliphatic carbocycles. The van der Waals surface area contributed by atoms with E-state index in [1.54, 1.807) is 0 Å². The third-order valence-electron chi connectivity index (χ3n) is 10.4. The van der Waals surface area contributed by atoms with Gasteiger partial charge in [0.2, 0.25) is 0 Å². The quantitative estimate of drug-likeness (QED) is 0.187. The van der Waals surface area contributed by atoms with E-state index in [1.807, 2.05) is 17.4 Å². The molecule has 0 unspecified atom stereocenters. The molecule has 0 bridgehead atoms. The lowest BCUT2D eigenvalue weighted by atomic mass is 9.98. The number of fused-ring (bicyclic) bond motifs is 10. The fourth-order valence-corrected chi connectivity index (χ4v) is 9.33. The molecule has 4 heteroatoms. The fraction of sp³-hybridized carbons (Fsp3) is 0.0213. The second kappa shape index (κ2) is 11.1. The molecule has 51 heavy (non-hydrogen) atoms. The monoisotopic (exact) mass is 667 g/mol. The molecular formula is C47H29N3S. The van der Waals surface area contributed by atoms with Gasteiger partial charge in [-0.05, 0) is 59.2 Å². The molecule has 3 aromatic heterocycles. The lowest BCUT2D eigenvalue weighted by molar-refractivity contribution is 1.13. The third kappa shape index (κ3) is 4.37. The van der Waals surface area contributed by atoms with Crippen molar-refractivity contribution in [1.82, 2.24) is 14.5 Å². The first-order valence-electron chi connectivity index (χ1n) is 17.4. The zero-order chi connectivity index (χ0) is 33.5. The number of aromatic nitrogens is 3. The summed E-state index contributed by atoms with van der Waals surface area (Å²) in [6, 6.07) is 58.9. The first kappa shape index (κ1) is 28.5. The van der Waals surface area contributed by atoms with Crippen molar-refractivity contribution in [2.24, 2.45) is 0 Å². The van der Waals surface area contributed by atoms with E-state index in [0.717, 1.165) is 34.8 Å². The molecule has 0 atom stereocenters. The number of hydrogen-bond acceptors (Lipinski definition) is 3. The Morgan fingerprint density at radius 1 is 0.490 bits per heavy atom. The van der Waals surface area contributed by atoms with Crippen LogP contribution in [-0.2, 0) is 6.42 Å². The largest absolute Gasteiger partial charge is 0.309 e. The van der Waals surface area contributed by atoms with Crippen LogP contribution < -0.4 is 0 Å². The Labute approximate surface area is 298 Å². The predicted octanol–water partition coefficient (Wildman–Crippen LogP) is 12.5. The molecule has 7 aromatic carbocycles. The van der Waals surface area contributed by atoms with Crippen LogP contribution in [0.2, 0.25) is 0 Å². The van der Waals surface area contributed by atoms with Crippen LogP contribution in [0.25, 0.3) is 92.7 Å². The van der Waals surface area contributed by atoms with Crippen molar-refractivity contribution in [3.63, 3.8) is 0 Å². The Morgan fingerprint density at radius 2 is 1.16 bits per heavy atom. The number of nitrogens with zero attached hydrogens (tertiary/aromatic N) is 3. The zero-order valence-electron chi connectivity index (χ0n) is 27.5. The molecule has 10 aromatic rings. The Balaban J connectivity index is 1.13. The Hall–Kier alpha value is -6.36. The standard InChI is InChI=1S/C47H29N3S/c1-4-12-29(13-5-1)44-39-28-33-21-20-31(26-37(33)45(39)49-47(48-44)30-14-6-2-7-15-30)32-22-24-40-38(27-32)43-41(50(40)34-16-8-3-9-17-34)25-23-36-35-18-10-11-19-42(35)51-46(36)43/h1-27H,28H2. The van der Waals surface area contributed by atoms with Gasteiger partial charge in [0.25, 0.3) is 0 Å². The average molecular weight is 668 g/mol. The summed E-state index contributed by atoms with van der Waals surface area (Å²) in [6.45, 7) is 0. The third-order valence-corrected chi connectivity index (χ3v) is 11.6. The van der Waals surface area contributed by atoms with E-state index < -0.39 is 0 Å². The zero-order valence-corrected chi connectivity index (χ0v) is 28.4. The van der Waals surface area contributed by atoms with Gasteiger partial charge in [0.1, 0.15) is 0 Å². The van der Waals surface area contributed by atoms with E-state index in [9.17, 15) is 0 Å². The molecule has 11 rings (SSSR count). The first-order chi connectivity index (χ1) is 25.3. The van der Waals surface area contributed by atoms with Crippen LogP contribution in [-0.4, -0.2) is 14.5 Å². The maximum Gasteiger partial charge on any atom is 0.160 e.